The molecule has 2 rings (SSSR count). The molecule has 0 aromatic carbocycles. The SMILES string of the molecule is CCCN1C(=O)C(C2CC2)NC(=O)C1C(C)(C)C. The van der Waals surface area contributed by atoms with Gasteiger partial charge in [-0.15, -0.1) is 0 Å². The van der Waals surface area contributed by atoms with Gasteiger partial charge in [0.25, 0.3) is 0 Å². The normalized spacial score (nSPS) is 29.4. The van der Waals surface area contributed by atoms with Crippen LogP contribution in [0.1, 0.15) is 47.0 Å². The van der Waals surface area contributed by atoms with Gasteiger partial charge in [0.1, 0.15) is 12.1 Å². The Morgan fingerprint density at radius 3 is 2.33 bits per heavy atom. The minimum absolute atomic E-state index is 0.0208. The van der Waals surface area contributed by atoms with Crippen molar-refractivity contribution in [3.63, 3.8) is 0 Å². The fourth-order valence-electron chi connectivity index (χ4n) is 2.83. The van der Waals surface area contributed by atoms with Crippen molar-refractivity contribution < 1.29 is 9.59 Å². The molecule has 2 amide bonds. The van der Waals surface area contributed by atoms with Crippen LogP contribution in [-0.2, 0) is 9.59 Å². The Morgan fingerprint density at radius 1 is 1.28 bits per heavy atom. The summed E-state index contributed by atoms with van der Waals surface area (Å²) >= 11 is 0. The molecule has 0 aromatic rings. The second-order valence-corrected chi connectivity index (χ2v) is 6.62. The number of carbonyl (C=O) groups is 2. The van der Waals surface area contributed by atoms with Gasteiger partial charge in [-0.25, -0.2) is 0 Å². The van der Waals surface area contributed by atoms with E-state index in [9.17, 15) is 9.59 Å². The van der Waals surface area contributed by atoms with Crippen LogP contribution in [0, 0.1) is 11.3 Å². The van der Waals surface area contributed by atoms with Crippen molar-refractivity contribution in [1.82, 2.24) is 10.2 Å². The van der Waals surface area contributed by atoms with E-state index >= 15 is 0 Å². The van der Waals surface area contributed by atoms with Gasteiger partial charge in [-0.1, -0.05) is 27.7 Å². The third-order valence-corrected chi connectivity index (χ3v) is 3.79. The maximum Gasteiger partial charge on any atom is 0.246 e. The molecule has 1 heterocycles. The number of piperazine rings is 1. The standard InChI is InChI=1S/C14H24N2O2/c1-5-8-16-11(14(2,3)4)12(17)15-10(13(16)18)9-6-7-9/h9-11H,5-8H2,1-4H3,(H,15,17). The van der Waals surface area contributed by atoms with Crippen LogP contribution in [0.5, 0.6) is 0 Å². The fraction of sp³-hybridized carbons (Fsp3) is 0.857. The molecule has 0 aromatic heterocycles. The van der Waals surface area contributed by atoms with E-state index in [-0.39, 0.29) is 29.3 Å². The zero-order valence-corrected chi connectivity index (χ0v) is 11.8. The van der Waals surface area contributed by atoms with Crippen molar-refractivity contribution in [3.8, 4) is 0 Å². The molecule has 1 aliphatic heterocycles. The van der Waals surface area contributed by atoms with E-state index in [2.05, 4.69) is 5.32 Å². The van der Waals surface area contributed by atoms with Crippen molar-refractivity contribution in [1.29, 1.82) is 0 Å². The van der Waals surface area contributed by atoms with E-state index in [1.54, 1.807) is 0 Å². The summed E-state index contributed by atoms with van der Waals surface area (Å²) in [6.45, 7) is 8.78. The maximum absolute atomic E-state index is 12.5. The molecule has 0 spiro atoms. The molecule has 1 N–H and O–H groups in total. The van der Waals surface area contributed by atoms with E-state index in [1.165, 1.54) is 0 Å². The lowest BCUT2D eigenvalue weighted by atomic mass is 9.82. The summed E-state index contributed by atoms with van der Waals surface area (Å²) in [5.41, 5.74) is -0.219. The summed E-state index contributed by atoms with van der Waals surface area (Å²) < 4.78 is 0. The molecule has 4 heteroatoms. The number of nitrogens with one attached hydrogen (secondary N) is 1. The van der Waals surface area contributed by atoms with Gasteiger partial charge >= 0.3 is 0 Å². The molecule has 18 heavy (non-hydrogen) atoms. The highest BCUT2D eigenvalue weighted by Crippen LogP contribution is 2.37. The second-order valence-electron chi connectivity index (χ2n) is 6.62. The lowest BCUT2D eigenvalue weighted by Crippen LogP contribution is -2.67. The molecular weight excluding hydrogens is 228 g/mol. The highest BCUT2D eigenvalue weighted by molar-refractivity contribution is 5.97. The van der Waals surface area contributed by atoms with Gasteiger partial charge in [-0.05, 0) is 30.6 Å². The Balaban J connectivity index is 2.24. The molecule has 102 valence electrons. The predicted octanol–water partition coefficient (Wildman–Crippen LogP) is 1.55. The van der Waals surface area contributed by atoms with Crippen LogP contribution in [0.25, 0.3) is 0 Å². The molecule has 1 saturated carbocycles. The second kappa shape index (κ2) is 4.56. The molecule has 2 aliphatic rings. The molecule has 1 saturated heterocycles. The monoisotopic (exact) mass is 252 g/mol. The Bertz CT molecular complexity index is 355. The summed E-state index contributed by atoms with van der Waals surface area (Å²) in [4.78, 5) is 26.6. The lowest BCUT2D eigenvalue weighted by molar-refractivity contribution is -0.154. The number of hydrogen-bond acceptors (Lipinski definition) is 2. The highest BCUT2D eigenvalue weighted by atomic mass is 16.2. The number of rotatable bonds is 3. The summed E-state index contributed by atoms with van der Waals surface area (Å²) in [7, 11) is 0. The average Bonchev–Trinajstić information content (AvgIpc) is 3.05. The number of amides is 2. The quantitative estimate of drug-likeness (QED) is 0.828. The van der Waals surface area contributed by atoms with Crippen LogP contribution in [0.3, 0.4) is 0 Å². The van der Waals surface area contributed by atoms with Gasteiger partial charge in [0.2, 0.25) is 11.8 Å². The van der Waals surface area contributed by atoms with Crippen LogP contribution >= 0.6 is 0 Å². The molecule has 2 unspecified atom stereocenters. The lowest BCUT2D eigenvalue weighted by Gasteiger charge is -2.44. The van der Waals surface area contributed by atoms with Gasteiger partial charge in [-0.2, -0.15) is 0 Å². The van der Waals surface area contributed by atoms with E-state index in [4.69, 9.17) is 0 Å². The average molecular weight is 252 g/mol. The van der Waals surface area contributed by atoms with E-state index in [0.717, 1.165) is 19.3 Å². The summed E-state index contributed by atoms with van der Waals surface area (Å²) in [6, 6.07) is -0.595. The van der Waals surface area contributed by atoms with Crippen molar-refractivity contribution >= 4 is 11.8 Å². The molecule has 1 aliphatic carbocycles. The minimum Gasteiger partial charge on any atom is -0.342 e. The maximum atomic E-state index is 12.5. The van der Waals surface area contributed by atoms with Gasteiger partial charge < -0.3 is 10.2 Å². The zero-order chi connectivity index (χ0) is 13.5. The first kappa shape index (κ1) is 13.4. The molecule has 0 radical (unpaired) electrons. The highest BCUT2D eigenvalue weighted by Gasteiger charge is 2.49. The van der Waals surface area contributed by atoms with E-state index in [1.807, 2.05) is 32.6 Å². The van der Waals surface area contributed by atoms with Crippen molar-refractivity contribution in [3.05, 3.63) is 0 Å². The Morgan fingerprint density at radius 2 is 1.89 bits per heavy atom. The zero-order valence-electron chi connectivity index (χ0n) is 11.8. The fourth-order valence-corrected chi connectivity index (χ4v) is 2.83. The Hall–Kier alpha value is -1.06. The summed E-state index contributed by atoms with van der Waals surface area (Å²) in [5.74, 6) is 0.521. The summed E-state index contributed by atoms with van der Waals surface area (Å²) in [5, 5.41) is 2.94. The summed E-state index contributed by atoms with van der Waals surface area (Å²) in [6.07, 6.45) is 3.02. The largest absolute Gasteiger partial charge is 0.342 e. The number of nitrogens with zero attached hydrogens (tertiary/aromatic N) is 1. The smallest absolute Gasteiger partial charge is 0.246 e. The Kier molecular flexibility index (Phi) is 3.39. The molecule has 0 bridgehead atoms. The minimum atomic E-state index is -0.333. The third kappa shape index (κ3) is 2.38. The third-order valence-electron chi connectivity index (χ3n) is 3.79. The van der Waals surface area contributed by atoms with Gasteiger partial charge in [0.05, 0.1) is 0 Å². The van der Waals surface area contributed by atoms with Crippen molar-refractivity contribution in [2.45, 2.75) is 59.0 Å². The molecule has 4 nitrogen and oxygen atoms in total. The van der Waals surface area contributed by atoms with Crippen molar-refractivity contribution in [2.24, 2.45) is 11.3 Å². The van der Waals surface area contributed by atoms with Crippen LogP contribution in [0.2, 0.25) is 0 Å². The molecule has 2 atom stereocenters. The van der Waals surface area contributed by atoms with E-state index < -0.39 is 0 Å². The first-order valence-corrected chi connectivity index (χ1v) is 6.97. The van der Waals surface area contributed by atoms with Gasteiger partial charge in [0.15, 0.2) is 0 Å². The topological polar surface area (TPSA) is 49.4 Å². The van der Waals surface area contributed by atoms with Crippen LogP contribution in [0.4, 0.5) is 0 Å². The van der Waals surface area contributed by atoms with Gasteiger partial charge in [0, 0.05) is 6.54 Å². The van der Waals surface area contributed by atoms with Gasteiger partial charge in [-0.3, -0.25) is 9.59 Å². The number of carbonyl (C=O) groups excluding carboxylic acids is 2. The van der Waals surface area contributed by atoms with Crippen LogP contribution in [-0.4, -0.2) is 35.3 Å². The number of hydrogen-bond donors (Lipinski definition) is 1. The molecular formula is C14H24N2O2. The van der Waals surface area contributed by atoms with Crippen molar-refractivity contribution in [2.75, 3.05) is 6.54 Å². The van der Waals surface area contributed by atoms with Crippen LogP contribution < -0.4 is 5.32 Å². The predicted molar refractivity (Wildman–Crippen MR) is 69.9 cm³/mol. The first-order chi connectivity index (χ1) is 8.36. The van der Waals surface area contributed by atoms with E-state index in [0.29, 0.717) is 12.5 Å². The Labute approximate surface area is 109 Å². The first-order valence-electron chi connectivity index (χ1n) is 6.97. The van der Waals surface area contributed by atoms with Crippen LogP contribution in [0.15, 0.2) is 0 Å². The molecule has 2 fully saturated rings.